The van der Waals surface area contributed by atoms with Crippen LogP contribution in [0.25, 0.3) is 0 Å². The van der Waals surface area contributed by atoms with Crippen molar-refractivity contribution in [1.29, 1.82) is 0 Å². The number of carbonyl (C=O) groups is 1. The van der Waals surface area contributed by atoms with E-state index in [4.69, 9.17) is 0 Å². The number of hydrogen-bond donors (Lipinski definition) is 0. The Bertz CT molecular complexity index is 567. The molecular weight excluding hydrogens is 329 g/mol. The number of benzene rings is 1. The molecule has 0 aliphatic heterocycles. The molecule has 0 saturated carbocycles. The van der Waals surface area contributed by atoms with Crippen LogP contribution >= 0.6 is 27.3 Å². The topological polar surface area (TPSA) is 20.3 Å². The van der Waals surface area contributed by atoms with Crippen molar-refractivity contribution in [3.63, 3.8) is 0 Å². The highest BCUT2D eigenvalue weighted by molar-refractivity contribution is 9.10. The normalized spacial score (nSPS) is 10.5. The van der Waals surface area contributed by atoms with Crippen LogP contribution in [0.4, 0.5) is 4.39 Å². The van der Waals surface area contributed by atoms with E-state index in [1.54, 1.807) is 24.1 Å². The van der Waals surface area contributed by atoms with Crippen LogP contribution in [-0.2, 0) is 6.42 Å². The first-order chi connectivity index (χ1) is 9.06. The zero-order chi connectivity index (χ0) is 13.8. The summed E-state index contributed by atoms with van der Waals surface area (Å²) >= 11 is 4.76. The molecule has 0 aliphatic carbocycles. The first-order valence-electron chi connectivity index (χ1n) is 5.80. The zero-order valence-electron chi connectivity index (χ0n) is 10.4. The third kappa shape index (κ3) is 3.88. The molecule has 2 nitrogen and oxygen atoms in total. The Morgan fingerprint density at radius 1 is 1.37 bits per heavy atom. The average molecular weight is 342 g/mol. The molecule has 0 aliphatic rings. The Kier molecular flexibility index (Phi) is 4.71. The quantitative estimate of drug-likeness (QED) is 0.824. The highest BCUT2D eigenvalue weighted by Crippen LogP contribution is 2.21. The zero-order valence-corrected chi connectivity index (χ0v) is 12.8. The second-order valence-corrected chi connectivity index (χ2v) is 6.06. The number of carbonyl (C=O) groups excluding carboxylic acids is 1. The Balaban J connectivity index is 1.92. The number of hydrogen-bond acceptors (Lipinski definition) is 2. The van der Waals surface area contributed by atoms with Crippen LogP contribution in [0, 0.1) is 5.82 Å². The van der Waals surface area contributed by atoms with Gasteiger partial charge < -0.3 is 4.90 Å². The van der Waals surface area contributed by atoms with Gasteiger partial charge >= 0.3 is 0 Å². The van der Waals surface area contributed by atoms with Crippen molar-refractivity contribution < 1.29 is 9.18 Å². The van der Waals surface area contributed by atoms with E-state index < -0.39 is 0 Å². The highest BCUT2D eigenvalue weighted by Gasteiger charge is 2.13. The summed E-state index contributed by atoms with van der Waals surface area (Å²) in [5.41, 5.74) is 1.02. The largest absolute Gasteiger partial charge is 0.341 e. The molecule has 0 N–H and O–H groups in total. The summed E-state index contributed by atoms with van der Waals surface area (Å²) in [6.45, 7) is 0.611. The van der Waals surface area contributed by atoms with Gasteiger partial charge in [-0.1, -0.05) is 12.1 Å². The molecule has 0 spiro atoms. The van der Waals surface area contributed by atoms with Gasteiger partial charge in [-0.25, -0.2) is 4.39 Å². The molecule has 0 saturated heterocycles. The molecular formula is C14H13BrFNOS. The average Bonchev–Trinajstić information content (AvgIpc) is 2.83. The molecule has 19 heavy (non-hydrogen) atoms. The monoisotopic (exact) mass is 341 g/mol. The van der Waals surface area contributed by atoms with E-state index >= 15 is 0 Å². The molecule has 0 fully saturated rings. The van der Waals surface area contributed by atoms with E-state index in [-0.39, 0.29) is 11.7 Å². The third-order valence-corrected chi connectivity index (χ3v) is 4.45. The fourth-order valence-corrected chi connectivity index (χ4v) is 3.08. The van der Waals surface area contributed by atoms with Crippen LogP contribution in [0.3, 0.4) is 0 Å². The van der Waals surface area contributed by atoms with Gasteiger partial charge in [0.25, 0.3) is 5.91 Å². The lowest BCUT2D eigenvalue weighted by molar-refractivity contribution is 0.0801. The van der Waals surface area contributed by atoms with E-state index in [1.807, 2.05) is 11.4 Å². The molecule has 1 aromatic heterocycles. The summed E-state index contributed by atoms with van der Waals surface area (Å²) in [5.74, 6) is -0.227. The minimum Gasteiger partial charge on any atom is -0.341 e. The fourth-order valence-electron chi connectivity index (χ4n) is 1.66. The summed E-state index contributed by atoms with van der Waals surface area (Å²) in [4.78, 5) is 14.5. The van der Waals surface area contributed by atoms with Gasteiger partial charge in [0.15, 0.2) is 0 Å². The first-order valence-corrected chi connectivity index (χ1v) is 7.47. The Hall–Kier alpha value is -1.20. The number of thiophene rings is 1. The van der Waals surface area contributed by atoms with Crippen LogP contribution in [0.5, 0.6) is 0 Å². The summed E-state index contributed by atoms with van der Waals surface area (Å²) in [5, 5.41) is 1.89. The molecule has 2 rings (SSSR count). The summed E-state index contributed by atoms with van der Waals surface area (Å²) in [7, 11) is 1.78. The molecule has 0 unspecified atom stereocenters. The maximum Gasteiger partial charge on any atom is 0.263 e. The maximum absolute atomic E-state index is 12.8. The SMILES string of the molecule is CN(CCc1ccc(F)cc1)C(=O)c1cc(Br)cs1. The lowest BCUT2D eigenvalue weighted by atomic mass is 10.1. The minimum atomic E-state index is -0.239. The van der Waals surface area contributed by atoms with E-state index in [1.165, 1.54) is 23.5 Å². The molecule has 5 heteroatoms. The maximum atomic E-state index is 12.8. The van der Waals surface area contributed by atoms with Gasteiger partial charge in [0.05, 0.1) is 4.88 Å². The predicted molar refractivity (Wildman–Crippen MR) is 79.1 cm³/mol. The number of likely N-dealkylation sites (N-methyl/N-ethyl adjacent to an activating group) is 1. The van der Waals surface area contributed by atoms with Crippen molar-refractivity contribution >= 4 is 33.2 Å². The fraction of sp³-hybridized carbons (Fsp3) is 0.214. The second kappa shape index (κ2) is 6.30. The number of nitrogens with zero attached hydrogens (tertiary/aromatic N) is 1. The smallest absolute Gasteiger partial charge is 0.263 e. The minimum absolute atomic E-state index is 0.0119. The molecule has 0 bridgehead atoms. The van der Waals surface area contributed by atoms with Crippen molar-refractivity contribution in [2.75, 3.05) is 13.6 Å². The van der Waals surface area contributed by atoms with Crippen LogP contribution < -0.4 is 0 Å². The van der Waals surface area contributed by atoms with Gasteiger partial charge in [-0.05, 0) is 46.1 Å². The summed E-state index contributed by atoms with van der Waals surface area (Å²) < 4.78 is 13.7. The molecule has 2 aromatic rings. The van der Waals surface area contributed by atoms with E-state index in [2.05, 4.69) is 15.9 Å². The second-order valence-electron chi connectivity index (χ2n) is 4.23. The van der Waals surface area contributed by atoms with Gasteiger partial charge in [-0.2, -0.15) is 0 Å². The number of amides is 1. The first kappa shape index (κ1) is 14.2. The van der Waals surface area contributed by atoms with Crippen molar-refractivity contribution in [3.05, 3.63) is 56.4 Å². The summed E-state index contributed by atoms with van der Waals surface area (Å²) in [6.07, 6.45) is 0.717. The van der Waals surface area contributed by atoms with Crippen molar-refractivity contribution in [3.8, 4) is 0 Å². The van der Waals surface area contributed by atoms with Crippen molar-refractivity contribution in [2.24, 2.45) is 0 Å². The molecule has 100 valence electrons. The standard InChI is InChI=1S/C14H13BrFNOS/c1-17(14(18)13-8-11(15)9-19-13)7-6-10-2-4-12(16)5-3-10/h2-5,8-9H,6-7H2,1H3. The van der Waals surface area contributed by atoms with Gasteiger partial charge in [-0.3, -0.25) is 4.79 Å². The summed E-state index contributed by atoms with van der Waals surface area (Å²) in [6, 6.07) is 8.19. The van der Waals surface area contributed by atoms with E-state index in [0.29, 0.717) is 11.4 Å². The third-order valence-electron chi connectivity index (χ3n) is 2.77. The Labute approximate surface area is 124 Å². The Morgan fingerprint density at radius 2 is 2.05 bits per heavy atom. The van der Waals surface area contributed by atoms with Crippen molar-refractivity contribution in [1.82, 2.24) is 4.90 Å². The van der Waals surface area contributed by atoms with Crippen LogP contribution in [0.1, 0.15) is 15.2 Å². The lowest BCUT2D eigenvalue weighted by Crippen LogP contribution is -2.28. The van der Waals surface area contributed by atoms with Gasteiger partial charge in [0.2, 0.25) is 0 Å². The van der Waals surface area contributed by atoms with Crippen LogP contribution in [0.2, 0.25) is 0 Å². The van der Waals surface area contributed by atoms with E-state index in [9.17, 15) is 9.18 Å². The van der Waals surface area contributed by atoms with Gasteiger partial charge in [0.1, 0.15) is 5.82 Å². The molecule has 1 amide bonds. The van der Waals surface area contributed by atoms with Crippen LogP contribution in [0.15, 0.2) is 40.2 Å². The van der Waals surface area contributed by atoms with Gasteiger partial charge in [-0.15, -0.1) is 11.3 Å². The highest BCUT2D eigenvalue weighted by atomic mass is 79.9. The molecule has 1 aromatic carbocycles. The molecule has 0 atom stereocenters. The van der Waals surface area contributed by atoms with Gasteiger partial charge in [0, 0.05) is 23.4 Å². The predicted octanol–water partition coefficient (Wildman–Crippen LogP) is 3.96. The number of rotatable bonds is 4. The molecule has 0 radical (unpaired) electrons. The molecule has 1 heterocycles. The number of halogens is 2. The lowest BCUT2D eigenvalue weighted by Gasteiger charge is -2.16. The van der Waals surface area contributed by atoms with E-state index in [0.717, 1.165) is 16.5 Å². The van der Waals surface area contributed by atoms with Crippen LogP contribution in [-0.4, -0.2) is 24.4 Å². The Morgan fingerprint density at radius 3 is 2.63 bits per heavy atom. The van der Waals surface area contributed by atoms with Crippen molar-refractivity contribution in [2.45, 2.75) is 6.42 Å².